The maximum absolute atomic E-state index is 13.1. The molecular weight excluding hydrogens is 430 g/mol. The smallest absolute Gasteiger partial charge is 0.325 e. The Bertz CT molecular complexity index is 769. The number of rotatable bonds is 15. The van der Waals surface area contributed by atoms with E-state index in [4.69, 9.17) is 16.6 Å². The highest BCUT2D eigenvalue weighted by Crippen LogP contribution is 2.07. The van der Waals surface area contributed by atoms with Crippen LogP contribution >= 0.6 is 0 Å². The molecule has 4 atom stereocenters. The molecule has 0 radical (unpaired) electrons. The molecule has 0 aliphatic carbocycles. The largest absolute Gasteiger partial charge is 0.480 e. The van der Waals surface area contributed by atoms with E-state index < -0.39 is 47.9 Å². The number of nitrogens with one attached hydrogen (secondary N) is 4. The number of amides is 3. The number of aliphatic carboxylic acids is 1. The zero-order valence-corrected chi connectivity index (χ0v) is 19.5. The lowest BCUT2D eigenvalue weighted by Crippen LogP contribution is -2.57. The number of unbranched alkanes of at least 4 members (excludes halogenated alkanes) is 1. The number of carboxylic acid groups (broad SMARTS) is 1. The number of carboxylic acids is 1. The summed E-state index contributed by atoms with van der Waals surface area (Å²) < 4.78 is 0. The van der Waals surface area contributed by atoms with Crippen molar-refractivity contribution in [2.45, 2.75) is 77.0 Å². The van der Waals surface area contributed by atoms with Crippen LogP contribution in [0.1, 0.15) is 52.1 Å². The quantitative estimate of drug-likeness (QED) is 0.159. The average molecular weight is 468 g/mol. The van der Waals surface area contributed by atoms with Crippen molar-refractivity contribution in [1.82, 2.24) is 25.9 Å². The van der Waals surface area contributed by atoms with E-state index in [1.807, 2.05) is 13.8 Å². The van der Waals surface area contributed by atoms with E-state index >= 15 is 0 Å². The van der Waals surface area contributed by atoms with Crippen molar-refractivity contribution in [3.63, 3.8) is 0 Å². The van der Waals surface area contributed by atoms with E-state index in [2.05, 4.69) is 25.9 Å². The molecule has 0 fully saturated rings. The highest BCUT2D eigenvalue weighted by Gasteiger charge is 2.29. The van der Waals surface area contributed by atoms with Gasteiger partial charge >= 0.3 is 5.97 Å². The highest BCUT2D eigenvalue weighted by atomic mass is 16.4. The van der Waals surface area contributed by atoms with Crippen molar-refractivity contribution in [1.29, 1.82) is 0 Å². The summed E-state index contributed by atoms with van der Waals surface area (Å²) in [6.45, 7) is 5.62. The summed E-state index contributed by atoms with van der Waals surface area (Å²) in [5.74, 6) is -2.70. The predicted molar refractivity (Wildman–Crippen MR) is 122 cm³/mol. The molecule has 12 heteroatoms. The average Bonchev–Trinajstić information content (AvgIpc) is 3.24. The first-order valence-electron chi connectivity index (χ1n) is 11.1. The van der Waals surface area contributed by atoms with E-state index in [0.717, 1.165) is 0 Å². The summed E-state index contributed by atoms with van der Waals surface area (Å²) in [6.07, 6.45) is 4.97. The first-order valence-corrected chi connectivity index (χ1v) is 11.1. The fourth-order valence-electron chi connectivity index (χ4n) is 3.13. The Labute approximate surface area is 193 Å². The maximum atomic E-state index is 13.1. The van der Waals surface area contributed by atoms with Crippen molar-refractivity contribution in [2.24, 2.45) is 17.4 Å². The summed E-state index contributed by atoms with van der Waals surface area (Å²) in [5.41, 5.74) is 12.1. The monoisotopic (exact) mass is 467 g/mol. The summed E-state index contributed by atoms with van der Waals surface area (Å²) >= 11 is 0. The van der Waals surface area contributed by atoms with Crippen LogP contribution < -0.4 is 27.4 Å². The number of aromatic nitrogens is 2. The highest BCUT2D eigenvalue weighted by molar-refractivity contribution is 5.94. The minimum Gasteiger partial charge on any atom is -0.480 e. The molecule has 0 aliphatic rings. The van der Waals surface area contributed by atoms with Gasteiger partial charge in [-0.05, 0) is 45.1 Å². The molecule has 1 rings (SSSR count). The lowest BCUT2D eigenvalue weighted by atomic mass is 10.0. The molecule has 186 valence electrons. The lowest BCUT2D eigenvalue weighted by Gasteiger charge is -2.25. The molecule has 4 unspecified atom stereocenters. The van der Waals surface area contributed by atoms with Crippen molar-refractivity contribution < 1.29 is 24.3 Å². The van der Waals surface area contributed by atoms with Gasteiger partial charge in [0.1, 0.15) is 18.1 Å². The second kappa shape index (κ2) is 14.2. The third-order valence-corrected chi connectivity index (χ3v) is 4.98. The summed E-state index contributed by atoms with van der Waals surface area (Å²) in [5, 5.41) is 16.7. The van der Waals surface area contributed by atoms with Crippen LogP contribution in [0.3, 0.4) is 0 Å². The van der Waals surface area contributed by atoms with Gasteiger partial charge in [0.25, 0.3) is 0 Å². The third-order valence-electron chi connectivity index (χ3n) is 4.98. The van der Waals surface area contributed by atoms with Gasteiger partial charge in [-0.3, -0.25) is 19.2 Å². The van der Waals surface area contributed by atoms with Gasteiger partial charge in [-0.15, -0.1) is 0 Å². The van der Waals surface area contributed by atoms with Gasteiger partial charge < -0.3 is 37.5 Å². The van der Waals surface area contributed by atoms with Crippen molar-refractivity contribution in [3.8, 4) is 0 Å². The van der Waals surface area contributed by atoms with Crippen LogP contribution in [0.25, 0.3) is 0 Å². The van der Waals surface area contributed by atoms with E-state index in [9.17, 15) is 19.2 Å². The number of hydrogen-bond acceptors (Lipinski definition) is 7. The predicted octanol–water partition coefficient (Wildman–Crippen LogP) is -0.986. The van der Waals surface area contributed by atoms with E-state index in [1.54, 1.807) is 0 Å². The van der Waals surface area contributed by atoms with Gasteiger partial charge in [0.15, 0.2) is 0 Å². The Kier molecular flexibility index (Phi) is 12.1. The van der Waals surface area contributed by atoms with Gasteiger partial charge in [-0.25, -0.2) is 4.98 Å². The Morgan fingerprint density at radius 1 is 1.03 bits per heavy atom. The van der Waals surface area contributed by atoms with Gasteiger partial charge in [-0.1, -0.05) is 13.8 Å². The van der Waals surface area contributed by atoms with Crippen LogP contribution in [0.4, 0.5) is 0 Å². The lowest BCUT2D eigenvalue weighted by molar-refractivity contribution is -0.141. The summed E-state index contributed by atoms with van der Waals surface area (Å²) in [4.78, 5) is 56.2. The molecule has 0 spiro atoms. The fourth-order valence-corrected chi connectivity index (χ4v) is 3.13. The van der Waals surface area contributed by atoms with Crippen LogP contribution in [-0.2, 0) is 25.6 Å². The normalized spacial score (nSPS) is 14.7. The van der Waals surface area contributed by atoms with Gasteiger partial charge in [-0.2, -0.15) is 0 Å². The second-order valence-electron chi connectivity index (χ2n) is 8.49. The second-order valence-corrected chi connectivity index (χ2v) is 8.49. The Morgan fingerprint density at radius 3 is 2.21 bits per heavy atom. The minimum atomic E-state index is -1.20. The topological polar surface area (TPSA) is 205 Å². The molecular formula is C21H37N7O5. The van der Waals surface area contributed by atoms with Gasteiger partial charge in [0, 0.05) is 18.3 Å². The molecule has 33 heavy (non-hydrogen) atoms. The molecule has 1 aromatic rings. The zero-order chi connectivity index (χ0) is 25.0. The maximum Gasteiger partial charge on any atom is 0.325 e. The van der Waals surface area contributed by atoms with Crippen molar-refractivity contribution in [3.05, 3.63) is 18.2 Å². The molecule has 1 heterocycles. The SMILES string of the molecule is CC(C)CC(N)C(=O)NC(Cc1cnc[nH]1)C(=O)NC(CCCCN)C(=O)NC(C)C(=O)O. The molecule has 9 N–H and O–H groups in total. The number of nitrogens with zero attached hydrogens (tertiary/aromatic N) is 1. The van der Waals surface area contributed by atoms with E-state index in [1.165, 1.54) is 19.4 Å². The zero-order valence-electron chi connectivity index (χ0n) is 19.5. The number of imidazole rings is 1. The summed E-state index contributed by atoms with van der Waals surface area (Å²) in [7, 11) is 0. The van der Waals surface area contributed by atoms with Crippen molar-refractivity contribution in [2.75, 3.05) is 6.54 Å². The van der Waals surface area contributed by atoms with Crippen LogP contribution in [0.15, 0.2) is 12.5 Å². The Morgan fingerprint density at radius 2 is 1.67 bits per heavy atom. The fraction of sp³-hybridized carbons (Fsp3) is 0.667. The minimum absolute atomic E-state index is 0.106. The third kappa shape index (κ3) is 10.4. The molecule has 3 amide bonds. The molecule has 0 aromatic carbocycles. The van der Waals surface area contributed by atoms with Crippen LogP contribution in [-0.4, -0.2) is 69.5 Å². The number of nitrogens with two attached hydrogens (primary N) is 2. The number of carbonyl (C=O) groups is 4. The number of hydrogen-bond donors (Lipinski definition) is 7. The number of H-pyrrole nitrogens is 1. The van der Waals surface area contributed by atoms with E-state index in [-0.39, 0.29) is 18.8 Å². The number of aromatic amines is 1. The van der Waals surface area contributed by atoms with Gasteiger partial charge in [0.05, 0.1) is 12.4 Å². The first kappa shape index (κ1) is 28.0. The van der Waals surface area contributed by atoms with Crippen LogP contribution in [0, 0.1) is 5.92 Å². The molecule has 12 nitrogen and oxygen atoms in total. The molecule has 0 bridgehead atoms. The Hall–Kier alpha value is -2.99. The number of carbonyl (C=O) groups excluding carboxylic acids is 3. The molecule has 1 aromatic heterocycles. The molecule has 0 saturated heterocycles. The first-order chi connectivity index (χ1) is 15.5. The van der Waals surface area contributed by atoms with E-state index in [0.29, 0.717) is 31.5 Å². The van der Waals surface area contributed by atoms with Crippen molar-refractivity contribution >= 4 is 23.7 Å². The molecule has 0 saturated carbocycles. The Balaban J connectivity index is 2.98. The molecule has 0 aliphatic heterocycles. The standard InChI is InChI=1S/C21H37N7O5/c1-12(2)8-15(23)18(29)28-17(9-14-10-24-11-25-14)20(31)27-16(6-4-5-7-22)19(30)26-13(3)21(32)33/h10-13,15-17H,4-9,22-23H2,1-3H3,(H,24,25)(H,26,30)(H,27,31)(H,28,29)(H,32,33). The van der Waals surface area contributed by atoms with Gasteiger partial charge in [0.2, 0.25) is 17.7 Å². The summed E-state index contributed by atoms with van der Waals surface area (Å²) in [6, 6.07) is -3.92. The van der Waals surface area contributed by atoms with Crippen LogP contribution in [0.2, 0.25) is 0 Å². The van der Waals surface area contributed by atoms with Crippen LogP contribution in [0.5, 0.6) is 0 Å².